The van der Waals surface area contributed by atoms with Gasteiger partial charge in [-0.15, -0.1) is 11.3 Å². The van der Waals surface area contributed by atoms with Gasteiger partial charge in [0.1, 0.15) is 0 Å². The molecular weight excluding hydrogens is 280 g/mol. The van der Waals surface area contributed by atoms with E-state index in [1.165, 1.54) is 15.0 Å². The first-order valence-electron chi connectivity index (χ1n) is 7.10. The van der Waals surface area contributed by atoms with Crippen LogP contribution in [-0.4, -0.2) is 11.6 Å². The average molecular weight is 298 g/mol. The first kappa shape index (κ1) is 13.9. The minimum Gasteiger partial charge on any atom is -0.478 e. The van der Waals surface area contributed by atoms with Crippen LogP contribution in [-0.2, 0) is 0 Å². The molecule has 3 rings (SSSR count). The van der Waals surface area contributed by atoms with Crippen LogP contribution in [0.3, 0.4) is 0 Å². The number of hydrogen-bond donors (Lipinski definition) is 1. The van der Waals surface area contributed by atoms with Gasteiger partial charge in [0.05, 0.1) is 24.5 Å². The Bertz CT molecular complexity index is 688. The molecule has 1 unspecified atom stereocenters. The highest BCUT2D eigenvalue weighted by atomic mass is 32.1. The summed E-state index contributed by atoms with van der Waals surface area (Å²) in [4.78, 5) is 5.60. The smallest absolute Gasteiger partial charge is 0.213 e. The van der Waals surface area contributed by atoms with Crippen LogP contribution in [0, 0.1) is 0 Å². The van der Waals surface area contributed by atoms with Crippen molar-refractivity contribution in [2.75, 3.05) is 11.9 Å². The summed E-state index contributed by atoms with van der Waals surface area (Å²) in [7, 11) is 0. The standard InChI is InChI=1S/C17H18N2OS/c1-3-20-17-9-8-14(11-18-17)19-12(2)16-10-13-6-4-5-7-15(13)21-16/h4-12,19H,3H2,1-2H3. The molecule has 1 N–H and O–H groups in total. The van der Waals surface area contributed by atoms with Crippen molar-refractivity contribution in [2.24, 2.45) is 0 Å². The zero-order valence-electron chi connectivity index (χ0n) is 12.2. The Morgan fingerprint density at radius 3 is 2.81 bits per heavy atom. The Kier molecular flexibility index (Phi) is 4.06. The van der Waals surface area contributed by atoms with Crippen molar-refractivity contribution in [2.45, 2.75) is 19.9 Å². The van der Waals surface area contributed by atoms with E-state index in [1.54, 1.807) is 0 Å². The van der Waals surface area contributed by atoms with Crippen molar-refractivity contribution >= 4 is 27.1 Å². The van der Waals surface area contributed by atoms with Gasteiger partial charge in [-0.25, -0.2) is 4.98 Å². The molecule has 0 saturated heterocycles. The van der Waals surface area contributed by atoms with E-state index < -0.39 is 0 Å². The fraction of sp³-hybridized carbons (Fsp3) is 0.235. The Morgan fingerprint density at radius 1 is 1.24 bits per heavy atom. The van der Waals surface area contributed by atoms with Gasteiger partial charge in [-0.3, -0.25) is 0 Å². The Hall–Kier alpha value is -2.07. The molecule has 0 spiro atoms. The normalized spacial score (nSPS) is 12.3. The van der Waals surface area contributed by atoms with Gasteiger partial charge in [0.25, 0.3) is 0 Å². The van der Waals surface area contributed by atoms with Crippen LogP contribution in [0.15, 0.2) is 48.7 Å². The lowest BCUT2D eigenvalue weighted by atomic mass is 10.2. The van der Waals surface area contributed by atoms with Crippen molar-refractivity contribution in [1.82, 2.24) is 4.98 Å². The molecule has 0 bridgehead atoms. The van der Waals surface area contributed by atoms with Crippen LogP contribution in [0.4, 0.5) is 5.69 Å². The number of nitrogens with one attached hydrogen (secondary N) is 1. The number of thiophene rings is 1. The first-order chi connectivity index (χ1) is 10.3. The molecule has 0 saturated carbocycles. The molecule has 21 heavy (non-hydrogen) atoms. The molecule has 3 nitrogen and oxygen atoms in total. The molecule has 0 fully saturated rings. The second kappa shape index (κ2) is 6.14. The van der Waals surface area contributed by atoms with Crippen molar-refractivity contribution < 1.29 is 4.74 Å². The molecule has 0 aliphatic rings. The lowest BCUT2D eigenvalue weighted by Gasteiger charge is -2.13. The van der Waals surface area contributed by atoms with Gasteiger partial charge in [-0.1, -0.05) is 18.2 Å². The van der Waals surface area contributed by atoms with E-state index >= 15 is 0 Å². The molecule has 2 aromatic heterocycles. The highest BCUT2D eigenvalue weighted by Crippen LogP contribution is 2.31. The molecular formula is C17H18N2OS. The lowest BCUT2D eigenvalue weighted by molar-refractivity contribution is 0.327. The Balaban J connectivity index is 1.74. The molecule has 0 aliphatic carbocycles. The summed E-state index contributed by atoms with van der Waals surface area (Å²) in [5, 5.41) is 4.78. The molecule has 3 aromatic rings. The first-order valence-corrected chi connectivity index (χ1v) is 7.92. The third-order valence-corrected chi connectivity index (χ3v) is 4.58. The number of fused-ring (bicyclic) bond motifs is 1. The zero-order chi connectivity index (χ0) is 14.7. The minimum absolute atomic E-state index is 0.252. The van der Waals surface area contributed by atoms with Crippen molar-refractivity contribution in [3.05, 3.63) is 53.5 Å². The second-order valence-corrected chi connectivity index (χ2v) is 5.99. The van der Waals surface area contributed by atoms with Crippen molar-refractivity contribution in [3.8, 4) is 5.88 Å². The molecule has 1 aromatic carbocycles. The number of nitrogens with zero attached hydrogens (tertiary/aromatic N) is 1. The lowest BCUT2D eigenvalue weighted by Crippen LogP contribution is -2.05. The summed E-state index contributed by atoms with van der Waals surface area (Å²) in [6, 6.07) is 14.9. The fourth-order valence-electron chi connectivity index (χ4n) is 2.24. The molecule has 4 heteroatoms. The maximum atomic E-state index is 5.35. The number of anilines is 1. The molecule has 0 aliphatic heterocycles. The maximum absolute atomic E-state index is 5.35. The minimum atomic E-state index is 0.252. The summed E-state index contributed by atoms with van der Waals surface area (Å²) in [5.41, 5.74) is 1.00. The number of rotatable bonds is 5. The highest BCUT2D eigenvalue weighted by molar-refractivity contribution is 7.19. The van der Waals surface area contributed by atoms with Crippen LogP contribution < -0.4 is 10.1 Å². The zero-order valence-corrected chi connectivity index (χ0v) is 13.0. The molecule has 2 heterocycles. The third kappa shape index (κ3) is 3.16. The fourth-order valence-corrected chi connectivity index (χ4v) is 3.30. The average Bonchev–Trinajstić information content (AvgIpc) is 2.94. The molecule has 108 valence electrons. The van der Waals surface area contributed by atoms with E-state index in [0.29, 0.717) is 12.5 Å². The van der Waals surface area contributed by atoms with Crippen molar-refractivity contribution in [1.29, 1.82) is 0 Å². The third-order valence-electron chi connectivity index (χ3n) is 3.28. The monoisotopic (exact) mass is 298 g/mol. The van der Waals surface area contributed by atoms with Gasteiger partial charge in [-0.2, -0.15) is 0 Å². The van der Waals surface area contributed by atoms with Crippen LogP contribution in [0.2, 0.25) is 0 Å². The predicted molar refractivity (Wildman–Crippen MR) is 89.3 cm³/mol. The van der Waals surface area contributed by atoms with E-state index in [9.17, 15) is 0 Å². The number of benzene rings is 1. The van der Waals surface area contributed by atoms with E-state index in [1.807, 2.05) is 36.6 Å². The van der Waals surface area contributed by atoms with Crippen LogP contribution >= 0.6 is 11.3 Å². The summed E-state index contributed by atoms with van der Waals surface area (Å²) in [6.07, 6.45) is 1.81. The van der Waals surface area contributed by atoms with E-state index in [4.69, 9.17) is 4.74 Å². The number of ether oxygens (including phenoxy) is 1. The quantitative estimate of drug-likeness (QED) is 0.730. The van der Waals surface area contributed by atoms with Gasteiger partial charge in [-0.05, 0) is 37.4 Å². The van der Waals surface area contributed by atoms with Crippen molar-refractivity contribution in [3.63, 3.8) is 0 Å². The van der Waals surface area contributed by atoms with Gasteiger partial charge in [0.2, 0.25) is 5.88 Å². The maximum Gasteiger partial charge on any atom is 0.213 e. The Labute approximate surface area is 128 Å². The van der Waals surface area contributed by atoms with E-state index in [2.05, 4.69) is 47.6 Å². The SMILES string of the molecule is CCOc1ccc(NC(C)c2cc3ccccc3s2)cn1. The van der Waals surface area contributed by atoms with Gasteiger partial charge in [0.15, 0.2) is 0 Å². The topological polar surface area (TPSA) is 34.1 Å². The molecule has 1 atom stereocenters. The molecule has 0 radical (unpaired) electrons. The summed E-state index contributed by atoms with van der Waals surface area (Å²) >= 11 is 1.83. The van der Waals surface area contributed by atoms with Gasteiger partial charge >= 0.3 is 0 Å². The van der Waals surface area contributed by atoms with Crippen LogP contribution in [0.5, 0.6) is 5.88 Å². The summed E-state index contributed by atoms with van der Waals surface area (Å²) in [6.45, 7) is 4.76. The Morgan fingerprint density at radius 2 is 2.10 bits per heavy atom. The summed E-state index contributed by atoms with van der Waals surface area (Å²) in [5.74, 6) is 0.664. The summed E-state index contributed by atoms with van der Waals surface area (Å²) < 4.78 is 6.68. The van der Waals surface area contributed by atoms with Gasteiger partial charge < -0.3 is 10.1 Å². The van der Waals surface area contributed by atoms with Gasteiger partial charge in [0, 0.05) is 15.6 Å². The van der Waals surface area contributed by atoms with E-state index in [0.717, 1.165) is 5.69 Å². The highest BCUT2D eigenvalue weighted by Gasteiger charge is 2.09. The largest absolute Gasteiger partial charge is 0.478 e. The number of pyridine rings is 1. The van der Waals surface area contributed by atoms with Crippen LogP contribution in [0.25, 0.3) is 10.1 Å². The van der Waals surface area contributed by atoms with E-state index in [-0.39, 0.29) is 6.04 Å². The number of aromatic nitrogens is 1. The molecule has 0 amide bonds. The second-order valence-electron chi connectivity index (χ2n) is 4.87. The predicted octanol–water partition coefficient (Wildman–Crippen LogP) is 4.87. The number of hydrogen-bond acceptors (Lipinski definition) is 4. The van der Waals surface area contributed by atoms with Crippen LogP contribution in [0.1, 0.15) is 24.8 Å².